The fraction of sp³-hybridized carbons (Fsp3) is 0.182. The van der Waals surface area contributed by atoms with E-state index in [2.05, 4.69) is 41.3 Å². The van der Waals surface area contributed by atoms with Crippen LogP contribution in [0.1, 0.15) is 17.0 Å². The number of ether oxygens (including phenoxy) is 1. The quantitative estimate of drug-likeness (QED) is 0.370. The maximum absolute atomic E-state index is 12.6. The van der Waals surface area contributed by atoms with E-state index in [1.807, 2.05) is 19.1 Å². The first-order chi connectivity index (χ1) is 16.0. The molecule has 0 aliphatic carbocycles. The zero-order chi connectivity index (χ0) is 24.9. The van der Waals surface area contributed by atoms with Gasteiger partial charge in [-0.25, -0.2) is 23.1 Å². The summed E-state index contributed by atoms with van der Waals surface area (Å²) in [6.45, 7) is 5.16. The first-order valence-electron chi connectivity index (χ1n) is 9.97. The normalized spacial score (nSPS) is 10.9. The van der Waals surface area contributed by atoms with Gasteiger partial charge in [0.1, 0.15) is 5.75 Å². The Morgan fingerprint density at radius 2 is 1.68 bits per heavy atom. The molecule has 0 unspecified atom stereocenters. The smallest absolute Gasteiger partial charge is 0.264 e. The molecule has 0 saturated heterocycles. The summed E-state index contributed by atoms with van der Waals surface area (Å²) in [6, 6.07) is 13.1. The number of aromatic nitrogens is 2. The van der Waals surface area contributed by atoms with Crippen molar-refractivity contribution in [3.8, 4) is 5.75 Å². The molecule has 9 nitrogen and oxygen atoms in total. The van der Waals surface area contributed by atoms with Crippen LogP contribution in [0, 0.1) is 20.8 Å². The van der Waals surface area contributed by atoms with Crippen molar-refractivity contribution >= 4 is 60.8 Å². The number of nitrogens with zero attached hydrogens (tertiary/aromatic N) is 2. The van der Waals surface area contributed by atoms with Crippen molar-refractivity contribution in [1.29, 1.82) is 0 Å². The number of anilines is 2. The Bertz CT molecular complexity index is 1310. The molecule has 2 aromatic carbocycles. The number of halogens is 1. The first-order valence-corrected chi connectivity index (χ1v) is 12.7. The summed E-state index contributed by atoms with van der Waals surface area (Å²) in [4.78, 5) is 20.3. The fourth-order valence-corrected chi connectivity index (χ4v) is 4.56. The fourth-order valence-electron chi connectivity index (χ4n) is 2.91. The number of rotatable bonds is 7. The van der Waals surface area contributed by atoms with E-state index in [1.54, 1.807) is 26.0 Å². The van der Waals surface area contributed by atoms with E-state index in [4.69, 9.17) is 17.0 Å². The second-order valence-corrected chi connectivity index (χ2v) is 10.3. The Hall–Kier alpha value is -3.09. The van der Waals surface area contributed by atoms with Crippen molar-refractivity contribution in [1.82, 2.24) is 15.3 Å². The van der Waals surface area contributed by atoms with Crippen LogP contribution in [0.5, 0.6) is 5.75 Å². The number of carbonyl (C=O) groups excluding carboxylic acids is 1. The predicted octanol–water partition coefficient (Wildman–Crippen LogP) is 3.86. The van der Waals surface area contributed by atoms with Crippen molar-refractivity contribution < 1.29 is 17.9 Å². The van der Waals surface area contributed by atoms with Gasteiger partial charge in [-0.05, 0) is 87.1 Å². The average Bonchev–Trinajstić information content (AvgIpc) is 2.72. The van der Waals surface area contributed by atoms with Crippen LogP contribution in [-0.2, 0) is 14.8 Å². The summed E-state index contributed by atoms with van der Waals surface area (Å²) in [5, 5.41) is 5.40. The first kappa shape index (κ1) is 25.5. The molecule has 0 atom stereocenters. The van der Waals surface area contributed by atoms with E-state index in [0.29, 0.717) is 22.8 Å². The minimum absolute atomic E-state index is 0.00383. The Balaban J connectivity index is 1.55. The lowest BCUT2D eigenvalue weighted by atomic mass is 10.2. The molecule has 3 aromatic rings. The number of aryl methyl sites for hydroxylation is 3. The van der Waals surface area contributed by atoms with Gasteiger partial charge in [-0.2, -0.15) is 0 Å². The van der Waals surface area contributed by atoms with Gasteiger partial charge in [0.15, 0.2) is 11.7 Å². The predicted molar refractivity (Wildman–Crippen MR) is 137 cm³/mol. The second kappa shape index (κ2) is 10.9. The molecule has 1 aromatic heterocycles. The SMILES string of the molecule is Cc1cc(C)nc(NS(=O)(=O)c2ccc(NC(=S)NC(=O)COc3ccc(Br)cc3C)cc2)n1. The maximum Gasteiger partial charge on any atom is 0.264 e. The van der Waals surface area contributed by atoms with E-state index in [1.165, 1.54) is 24.3 Å². The van der Waals surface area contributed by atoms with Gasteiger partial charge < -0.3 is 10.1 Å². The van der Waals surface area contributed by atoms with Crippen molar-refractivity contribution in [2.75, 3.05) is 16.6 Å². The highest BCUT2D eigenvalue weighted by Crippen LogP contribution is 2.22. The number of nitrogens with one attached hydrogen (secondary N) is 3. The zero-order valence-electron chi connectivity index (χ0n) is 18.5. The molecular weight excluding hydrogens is 542 g/mol. The molecule has 3 rings (SSSR count). The highest BCUT2D eigenvalue weighted by molar-refractivity contribution is 9.10. The van der Waals surface area contributed by atoms with Crippen LogP contribution in [-0.4, -0.2) is 36.0 Å². The molecule has 1 amide bonds. The van der Waals surface area contributed by atoms with E-state index in [0.717, 1.165) is 10.0 Å². The third-order valence-corrected chi connectivity index (χ3v) is 6.42. The molecule has 0 aliphatic heterocycles. The van der Waals surface area contributed by atoms with E-state index >= 15 is 0 Å². The van der Waals surface area contributed by atoms with Gasteiger partial charge in [0.25, 0.3) is 15.9 Å². The number of hydrogen-bond acceptors (Lipinski definition) is 7. The van der Waals surface area contributed by atoms with Gasteiger partial charge in [0.2, 0.25) is 5.95 Å². The van der Waals surface area contributed by atoms with Crippen LogP contribution < -0.4 is 20.1 Å². The van der Waals surface area contributed by atoms with Gasteiger partial charge >= 0.3 is 0 Å². The highest BCUT2D eigenvalue weighted by Gasteiger charge is 2.16. The van der Waals surface area contributed by atoms with Gasteiger partial charge in [0.05, 0.1) is 4.90 Å². The zero-order valence-corrected chi connectivity index (χ0v) is 21.8. The molecule has 12 heteroatoms. The van der Waals surface area contributed by atoms with Crippen LogP contribution in [0.2, 0.25) is 0 Å². The second-order valence-electron chi connectivity index (χ2n) is 7.30. The molecule has 0 aliphatic rings. The number of sulfonamides is 1. The van der Waals surface area contributed by atoms with E-state index < -0.39 is 15.9 Å². The lowest BCUT2D eigenvalue weighted by molar-refractivity contribution is -0.121. The average molecular weight is 564 g/mol. The standard InChI is InChI=1S/C22H22BrN5O4S2/c1-13-10-16(23)4-9-19(13)32-12-20(29)27-22(33)26-17-5-7-18(8-6-17)34(30,31)28-21-24-14(2)11-15(3)25-21/h4-11H,12H2,1-3H3,(H,24,25,28)(H2,26,27,29,33). The maximum atomic E-state index is 12.6. The van der Waals surface area contributed by atoms with Crippen molar-refractivity contribution in [3.05, 3.63) is 70.0 Å². The van der Waals surface area contributed by atoms with Crippen molar-refractivity contribution in [2.45, 2.75) is 25.7 Å². The molecule has 3 N–H and O–H groups in total. The number of benzene rings is 2. The topological polar surface area (TPSA) is 122 Å². The van der Waals surface area contributed by atoms with Gasteiger partial charge in [-0.15, -0.1) is 0 Å². The monoisotopic (exact) mass is 563 g/mol. The Morgan fingerprint density at radius 3 is 2.29 bits per heavy atom. The summed E-state index contributed by atoms with van der Waals surface area (Å²) in [6.07, 6.45) is 0. The molecule has 1 heterocycles. The van der Waals surface area contributed by atoms with Crippen molar-refractivity contribution in [2.24, 2.45) is 0 Å². The minimum Gasteiger partial charge on any atom is -0.483 e. The van der Waals surface area contributed by atoms with E-state index in [-0.39, 0.29) is 22.6 Å². The Kier molecular flexibility index (Phi) is 8.18. The molecule has 0 saturated carbocycles. The molecule has 0 spiro atoms. The van der Waals surface area contributed by atoms with Crippen LogP contribution in [0.4, 0.5) is 11.6 Å². The highest BCUT2D eigenvalue weighted by atomic mass is 79.9. The third-order valence-electron chi connectivity index (χ3n) is 4.38. The number of hydrogen-bond donors (Lipinski definition) is 3. The Labute approximate surface area is 211 Å². The van der Waals surface area contributed by atoms with Crippen LogP contribution in [0.3, 0.4) is 0 Å². The van der Waals surface area contributed by atoms with Crippen LogP contribution in [0.25, 0.3) is 0 Å². The van der Waals surface area contributed by atoms with E-state index in [9.17, 15) is 13.2 Å². The summed E-state index contributed by atoms with van der Waals surface area (Å²) < 4.78 is 34.0. The lowest BCUT2D eigenvalue weighted by Gasteiger charge is -2.12. The molecule has 34 heavy (non-hydrogen) atoms. The van der Waals surface area contributed by atoms with Gasteiger partial charge in [-0.1, -0.05) is 15.9 Å². The lowest BCUT2D eigenvalue weighted by Crippen LogP contribution is -2.37. The number of amides is 1. The summed E-state index contributed by atoms with van der Waals surface area (Å²) in [5.41, 5.74) is 2.68. The van der Waals surface area contributed by atoms with Crippen molar-refractivity contribution in [3.63, 3.8) is 0 Å². The van der Waals surface area contributed by atoms with Crippen LogP contribution >= 0.6 is 28.1 Å². The molecular formula is C22H22BrN5O4S2. The molecule has 0 radical (unpaired) electrons. The summed E-state index contributed by atoms with van der Waals surface area (Å²) in [5.74, 6) is 0.162. The largest absolute Gasteiger partial charge is 0.483 e. The summed E-state index contributed by atoms with van der Waals surface area (Å²) in [7, 11) is -3.88. The van der Waals surface area contributed by atoms with Gasteiger partial charge in [0, 0.05) is 21.5 Å². The van der Waals surface area contributed by atoms with Gasteiger partial charge in [-0.3, -0.25) is 10.1 Å². The van der Waals surface area contributed by atoms with Crippen LogP contribution in [0.15, 0.2) is 57.9 Å². The Morgan fingerprint density at radius 1 is 1.03 bits per heavy atom. The number of thiocarbonyl (C=S) groups is 1. The molecule has 0 fully saturated rings. The number of carbonyl (C=O) groups is 1. The molecule has 0 bridgehead atoms. The summed E-state index contributed by atoms with van der Waals surface area (Å²) >= 11 is 8.52. The minimum atomic E-state index is -3.88. The molecule has 178 valence electrons. The third kappa shape index (κ3) is 7.20.